The van der Waals surface area contributed by atoms with Crippen molar-refractivity contribution in [1.29, 1.82) is 0 Å². The SMILES string of the molecule is COCOCCCCc1cnccc1N(C(=O)OC(C)(C)C)C(=O)C(C)c1cccc2ccccc12. The van der Waals surface area contributed by atoms with Crippen molar-refractivity contribution in [2.24, 2.45) is 0 Å². The molecule has 36 heavy (non-hydrogen) atoms. The van der Waals surface area contributed by atoms with Crippen molar-refractivity contribution in [3.8, 4) is 0 Å². The Kier molecular flexibility index (Phi) is 9.56. The number of benzene rings is 2. The summed E-state index contributed by atoms with van der Waals surface area (Å²) in [7, 11) is 1.59. The normalized spacial score (nSPS) is 12.4. The van der Waals surface area contributed by atoms with E-state index < -0.39 is 17.6 Å². The van der Waals surface area contributed by atoms with E-state index in [0.29, 0.717) is 18.7 Å². The maximum atomic E-state index is 14.0. The van der Waals surface area contributed by atoms with Gasteiger partial charge < -0.3 is 14.2 Å². The molecule has 0 saturated carbocycles. The molecule has 0 spiro atoms. The van der Waals surface area contributed by atoms with Gasteiger partial charge in [-0.3, -0.25) is 9.78 Å². The number of carbonyl (C=O) groups is 2. The number of fused-ring (bicyclic) bond motifs is 1. The Bertz CT molecular complexity index is 1170. The third-order valence-corrected chi connectivity index (χ3v) is 5.76. The maximum absolute atomic E-state index is 14.0. The maximum Gasteiger partial charge on any atom is 0.421 e. The van der Waals surface area contributed by atoms with Crippen LogP contribution in [0.2, 0.25) is 0 Å². The number of hydrogen-bond donors (Lipinski definition) is 0. The van der Waals surface area contributed by atoms with Crippen LogP contribution in [0.4, 0.5) is 10.5 Å². The third kappa shape index (κ3) is 7.12. The number of ether oxygens (including phenoxy) is 3. The first-order chi connectivity index (χ1) is 17.2. The number of unbranched alkanes of at least 4 members (excludes halogenated alkanes) is 1. The van der Waals surface area contributed by atoms with E-state index in [0.717, 1.165) is 34.7 Å². The predicted octanol–water partition coefficient (Wildman–Crippen LogP) is 6.25. The van der Waals surface area contributed by atoms with E-state index in [2.05, 4.69) is 4.98 Å². The number of hydrogen-bond acceptors (Lipinski definition) is 6. The number of amides is 2. The predicted molar refractivity (Wildman–Crippen MR) is 141 cm³/mol. The minimum absolute atomic E-state index is 0.255. The molecule has 0 radical (unpaired) electrons. The van der Waals surface area contributed by atoms with Gasteiger partial charge in [0.25, 0.3) is 0 Å². The number of aryl methyl sites for hydroxylation is 1. The van der Waals surface area contributed by atoms with Crippen molar-refractivity contribution < 1.29 is 23.8 Å². The molecule has 0 aliphatic heterocycles. The van der Waals surface area contributed by atoms with Gasteiger partial charge in [0.15, 0.2) is 0 Å². The van der Waals surface area contributed by atoms with Gasteiger partial charge in [-0.25, -0.2) is 9.69 Å². The van der Waals surface area contributed by atoms with Gasteiger partial charge in [-0.15, -0.1) is 0 Å². The zero-order valence-corrected chi connectivity index (χ0v) is 21.8. The van der Waals surface area contributed by atoms with Crippen LogP contribution >= 0.6 is 0 Å². The lowest BCUT2D eigenvalue weighted by Gasteiger charge is -2.29. The van der Waals surface area contributed by atoms with Crippen LogP contribution in [0, 0.1) is 0 Å². The molecule has 3 rings (SSSR count). The minimum atomic E-state index is -0.760. The van der Waals surface area contributed by atoms with Gasteiger partial charge in [0, 0.05) is 26.1 Å². The lowest BCUT2D eigenvalue weighted by Crippen LogP contribution is -2.43. The van der Waals surface area contributed by atoms with Gasteiger partial charge in [0.1, 0.15) is 12.4 Å². The largest absolute Gasteiger partial charge is 0.443 e. The average molecular weight is 493 g/mol. The number of pyridine rings is 1. The molecular weight excluding hydrogens is 456 g/mol. The fourth-order valence-corrected chi connectivity index (χ4v) is 4.06. The Morgan fingerprint density at radius 2 is 1.78 bits per heavy atom. The second kappa shape index (κ2) is 12.6. The van der Waals surface area contributed by atoms with Crippen LogP contribution in [0.25, 0.3) is 10.8 Å². The zero-order chi connectivity index (χ0) is 26.1. The number of carbonyl (C=O) groups excluding carboxylic acids is 2. The summed E-state index contributed by atoms with van der Waals surface area (Å²) in [6.07, 6.45) is 4.85. The van der Waals surface area contributed by atoms with E-state index in [9.17, 15) is 9.59 Å². The number of anilines is 1. The van der Waals surface area contributed by atoms with Crippen LogP contribution in [-0.4, -0.2) is 43.1 Å². The highest BCUT2D eigenvalue weighted by molar-refractivity contribution is 6.15. The summed E-state index contributed by atoms with van der Waals surface area (Å²) in [6.45, 7) is 8.01. The van der Waals surface area contributed by atoms with Crippen LogP contribution in [0.5, 0.6) is 0 Å². The standard InChI is InChI=1S/C29H36N2O5/c1-21(24-15-10-13-22-11-6-7-14-25(22)24)27(32)31(28(33)36-29(2,3)4)26-16-17-30-19-23(26)12-8-9-18-35-20-34-5/h6-7,10-11,13-17,19,21H,8-9,12,18,20H2,1-5H3. The fourth-order valence-electron chi connectivity index (χ4n) is 4.06. The van der Waals surface area contributed by atoms with Crippen molar-refractivity contribution in [2.75, 3.05) is 25.4 Å². The highest BCUT2D eigenvalue weighted by Crippen LogP contribution is 2.31. The minimum Gasteiger partial charge on any atom is -0.443 e. The van der Waals surface area contributed by atoms with Crippen molar-refractivity contribution in [3.05, 3.63) is 72.1 Å². The summed E-state index contributed by atoms with van der Waals surface area (Å²) < 4.78 is 16.0. The topological polar surface area (TPSA) is 78.0 Å². The van der Waals surface area contributed by atoms with E-state index in [1.165, 1.54) is 4.90 Å². The second-order valence-electron chi connectivity index (χ2n) is 9.72. The van der Waals surface area contributed by atoms with Crippen LogP contribution < -0.4 is 4.90 Å². The van der Waals surface area contributed by atoms with Crippen molar-refractivity contribution >= 4 is 28.5 Å². The first-order valence-electron chi connectivity index (χ1n) is 12.3. The van der Waals surface area contributed by atoms with Gasteiger partial charge in [-0.1, -0.05) is 42.5 Å². The average Bonchev–Trinajstić information content (AvgIpc) is 2.85. The summed E-state index contributed by atoms with van der Waals surface area (Å²) in [5, 5.41) is 2.02. The number of aromatic nitrogens is 1. The van der Waals surface area contributed by atoms with Crippen LogP contribution in [0.3, 0.4) is 0 Å². The molecule has 1 aromatic heterocycles. The van der Waals surface area contributed by atoms with Crippen molar-refractivity contribution in [3.63, 3.8) is 0 Å². The highest BCUT2D eigenvalue weighted by atomic mass is 16.7. The number of imide groups is 1. The molecule has 0 N–H and O–H groups in total. The second-order valence-corrected chi connectivity index (χ2v) is 9.72. The molecule has 1 heterocycles. The Hall–Kier alpha value is -3.29. The molecule has 0 aliphatic rings. The van der Waals surface area contributed by atoms with Gasteiger partial charge in [0.2, 0.25) is 5.91 Å². The Labute approximate surface area is 213 Å². The quantitative estimate of drug-likeness (QED) is 0.246. The fraction of sp³-hybridized carbons (Fsp3) is 0.414. The molecule has 0 aliphatic carbocycles. The first kappa shape index (κ1) is 27.3. The van der Waals surface area contributed by atoms with Crippen LogP contribution in [0.15, 0.2) is 60.9 Å². The molecular formula is C29H36N2O5. The van der Waals surface area contributed by atoms with Crippen molar-refractivity contribution in [2.45, 2.75) is 58.5 Å². The molecule has 0 fully saturated rings. The Balaban J connectivity index is 1.94. The van der Waals surface area contributed by atoms with Crippen LogP contribution in [0.1, 0.15) is 57.6 Å². The summed E-state index contributed by atoms with van der Waals surface area (Å²) in [4.78, 5) is 32.8. The van der Waals surface area contributed by atoms with Gasteiger partial charge in [-0.2, -0.15) is 0 Å². The summed E-state index contributed by atoms with van der Waals surface area (Å²) in [5.41, 5.74) is 1.39. The van der Waals surface area contributed by atoms with Gasteiger partial charge in [0.05, 0.1) is 11.6 Å². The zero-order valence-electron chi connectivity index (χ0n) is 21.8. The summed E-state index contributed by atoms with van der Waals surface area (Å²) >= 11 is 0. The first-order valence-corrected chi connectivity index (χ1v) is 12.3. The monoisotopic (exact) mass is 492 g/mol. The molecule has 3 aromatic rings. The third-order valence-electron chi connectivity index (χ3n) is 5.76. The highest BCUT2D eigenvalue weighted by Gasteiger charge is 2.34. The molecule has 1 unspecified atom stereocenters. The van der Waals surface area contributed by atoms with Crippen LogP contribution in [-0.2, 0) is 25.4 Å². The van der Waals surface area contributed by atoms with Gasteiger partial charge >= 0.3 is 6.09 Å². The summed E-state index contributed by atoms with van der Waals surface area (Å²) in [5.74, 6) is -0.927. The number of methoxy groups -OCH3 is 1. The van der Waals surface area contributed by atoms with E-state index in [4.69, 9.17) is 14.2 Å². The van der Waals surface area contributed by atoms with E-state index >= 15 is 0 Å². The Morgan fingerprint density at radius 3 is 2.53 bits per heavy atom. The smallest absolute Gasteiger partial charge is 0.421 e. The van der Waals surface area contributed by atoms with E-state index in [1.54, 1.807) is 46.3 Å². The lowest BCUT2D eigenvalue weighted by molar-refractivity contribution is -0.119. The molecule has 1 atom stereocenters. The molecule has 192 valence electrons. The lowest BCUT2D eigenvalue weighted by atomic mass is 9.93. The molecule has 2 aromatic carbocycles. The van der Waals surface area contributed by atoms with E-state index in [-0.39, 0.29) is 12.7 Å². The molecule has 7 nitrogen and oxygen atoms in total. The van der Waals surface area contributed by atoms with E-state index in [1.807, 2.05) is 49.4 Å². The summed E-state index contributed by atoms with van der Waals surface area (Å²) in [6, 6.07) is 15.5. The molecule has 2 amide bonds. The Morgan fingerprint density at radius 1 is 1.03 bits per heavy atom. The number of nitrogens with zero attached hydrogens (tertiary/aromatic N) is 2. The molecule has 7 heteroatoms. The van der Waals surface area contributed by atoms with Crippen molar-refractivity contribution in [1.82, 2.24) is 4.98 Å². The van der Waals surface area contributed by atoms with Gasteiger partial charge in [-0.05, 0) is 74.9 Å². The number of rotatable bonds is 10. The molecule has 0 bridgehead atoms. The molecule has 0 saturated heterocycles.